The zero-order valence-electron chi connectivity index (χ0n) is 17.9. The molecule has 1 amide bonds. The van der Waals surface area contributed by atoms with Gasteiger partial charge in [0.2, 0.25) is 0 Å². The number of methoxy groups -OCH3 is 1. The molecular weight excluding hydrogens is 444 g/mol. The maximum absolute atomic E-state index is 12.3. The van der Waals surface area contributed by atoms with Gasteiger partial charge in [0.1, 0.15) is 12.1 Å². The number of rotatable bonds is 6. The van der Waals surface area contributed by atoms with E-state index >= 15 is 0 Å². The summed E-state index contributed by atoms with van der Waals surface area (Å²) in [5.74, 6) is 0.578. The molecule has 0 unspecified atom stereocenters. The van der Waals surface area contributed by atoms with Gasteiger partial charge in [-0.1, -0.05) is 18.2 Å². The number of amides is 1. The molecule has 3 aromatic carbocycles. The van der Waals surface area contributed by atoms with Gasteiger partial charge in [0.05, 0.1) is 12.6 Å². The van der Waals surface area contributed by atoms with Crippen molar-refractivity contribution in [2.24, 2.45) is 0 Å². The summed E-state index contributed by atoms with van der Waals surface area (Å²) in [6, 6.07) is 19.6. The summed E-state index contributed by atoms with van der Waals surface area (Å²) in [5.41, 5.74) is 2.63. The average Bonchev–Trinajstić information content (AvgIpc) is 2.80. The maximum Gasteiger partial charge on any atom is 0.308 e. The Morgan fingerprint density at radius 2 is 1.58 bits per heavy atom. The first-order valence-corrected chi connectivity index (χ1v) is 9.78. The fourth-order valence-electron chi connectivity index (χ4n) is 3.12. The zero-order chi connectivity index (χ0) is 22.5. The lowest BCUT2D eigenvalue weighted by molar-refractivity contribution is -0.132. The largest absolute Gasteiger partial charge is 0.493 e. The second-order valence-electron chi connectivity index (χ2n) is 6.86. The van der Waals surface area contributed by atoms with Crippen LogP contribution in [0.3, 0.4) is 0 Å². The number of benzene rings is 3. The SMILES string of the molecule is COc1cc2ncnc(Nc3ccc(NC(=O)c4ccccc4)cc3)c2cc1OC(C)=O.Cl. The van der Waals surface area contributed by atoms with E-state index in [1.165, 1.54) is 20.4 Å². The number of anilines is 3. The van der Waals surface area contributed by atoms with Crippen molar-refractivity contribution >= 4 is 52.4 Å². The molecule has 0 aliphatic carbocycles. The number of fused-ring (bicyclic) bond motifs is 1. The van der Waals surface area contributed by atoms with Gasteiger partial charge in [-0.2, -0.15) is 0 Å². The number of hydrogen-bond acceptors (Lipinski definition) is 7. The van der Waals surface area contributed by atoms with E-state index in [0.717, 1.165) is 5.69 Å². The van der Waals surface area contributed by atoms with Crippen LogP contribution in [0.2, 0.25) is 0 Å². The fraction of sp³-hybridized carbons (Fsp3) is 0.0833. The fourth-order valence-corrected chi connectivity index (χ4v) is 3.12. The van der Waals surface area contributed by atoms with Crippen molar-refractivity contribution in [3.8, 4) is 11.5 Å². The maximum atomic E-state index is 12.3. The highest BCUT2D eigenvalue weighted by Crippen LogP contribution is 2.34. The van der Waals surface area contributed by atoms with Crippen LogP contribution in [0.1, 0.15) is 17.3 Å². The Hall–Kier alpha value is -4.17. The van der Waals surface area contributed by atoms with Crippen molar-refractivity contribution in [1.82, 2.24) is 9.97 Å². The zero-order valence-corrected chi connectivity index (χ0v) is 18.7. The van der Waals surface area contributed by atoms with E-state index in [0.29, 0.717) is 33.7 Å². The van der Waals surface area contributed by atoms with Crippen molar-refractivity contribution in [1.29, 1.82) is 0 Å². The number of hydrogen-bond donors (Lipinski definition) is 2. The van der Waals surface area contributed by atoms with Crippen molar-refractivity contribution < 1.29 is 19.1 Å². The molecule has 1 aromatic heterocycles. The molecule has 0 saturated carbocycles. The van der Waals surface area contributed by atoms with Gasteiger partial charge in [-0.25, -0.2) is 9.97 Å². The van der Waals surface area contributed by atoms with Crippen LogP contribution >= 0.6 is 12.4 Å². The molecule has 1 heterocycles. The normalized spacial score (nSPS) is 10.1. The molecule has 0 saturated heterocycles. The summed E-state index contributed by atoms with van der Waals surface area (Å²) >= 11 is 0. The third-order valence-electron chi connectivity index (χ3n) is 4.62. The van der Waals surface area contributed by atoms with Crippen molar-refractivity contribution in [3.05, 3.63) is 78.6 Å². The third-order valence-corrected chi connectivity index (χ3v) is 4.62. The van der Waals surface area contributed by atoms with Crippen molar-refractivity contribution in [2.75, 3.05) is 17.7 Å². The molecule has 0 fully saturated rings. The lowest BCUT2D eigenvalue weighted by Crippen LogP contribution is -2.11. The number of aromatic nitrogens is 2. The summed E-state index contributed by atoms with van der Waals surface area (Å²) in [4.78, 5) is 32.3. The third kappa shape index (κ3) is 5.55. The summed E-state index contributed by atoms with van der Waals surface area (Å²) < 4.78 is 10.5. The molecule has 4 aromatic rings. The number of nitrogens with one attached hydrogen (secondary N) is 2. The molecule has 4 rings (SSSR count). The Morgan fingerprint density at radius 3 is 2.24 bits per heavy atom. The van der Waals surface area contributed by atoms with E-state index < -0.39 is 5.97 Å². The van der Waals surface area contributed by atoms with Gasteiger partial charge in [-0.05, 0) is 42.5 Å². The molecule has 0 spiro atoms. The molecule has 168 valence electrons. The number of nitrogens with zero attached hydrogens (tertiary/aromatic N) is 2. The first kappa shape index (κ1) is 23.5. The monoisotopic (exact) mass is 464 g/mol. The molecule has 0 atom stereocenters. The van der Waals surface area contributed by atoms with Crippen molar-refractivity contribution in [2.45, 2.75) is 6.92 Å². The minimum absolute atomic E-state index is 0. The van der Waals surface area contributed by atoms with Crippen LogP contribution in [0.25, 0.3) is 10.9 Å². The topological polar surface area (TPSA) is 102 Å². The first-order chi connectivity index (χ1) is 15.5. The highest BCUT2D eigenvalue weighted by Gasteiger charge is 2.13. The molecule has 2 N–H and O–H groups in total. The summed E-state index contributed by atoms with van der Waals surface area (Å²) in [6.45, 7) is 1.32. The van der Waals surface area contributed by atoms with Crippen molar-refractivity contribution in [3.63, 3.8) is 0 Å². The summed E-state index contributed by atoms with van der Waals surface area (Å²) in [6.07, 6.45) is 1.43. The molecule has 0 aliphatic rings. The molecule has 0 bridgehead atoms. The van der Waals surface area contributed by atoms with Crippen LogP contribution in [0.15, 0.2) is 73.1 Å². The Kier molecular flexibility index (Phi) is 7.42. The van der Waals surface area contributed by atoms with E-state index in [9.17, 15) is 9.59 Å². The van der Waals surface area contributed by atoms with Gasteiger partial charge < -0.3 is 20.1 Å². The quantitative estimate of drug-likeness (QED) is 0.306. The lowest BCUT2D eigenvalue weighted by atomic mass is 10.2. The van der Waals surface area contributed by atoms with Crippen LogP contribution in [-0.2, 0) is 4.79 Å². The Morgan fingerprint density at radius 1 is 0.879 bits per heavy atom. The Balaban J connectivity index is 0.00000306. The molecular formula is C24H21ClN4O4. The summed E-state index contributed by atoms with van der Waals surface area (Å²) in [7, 11) is 1.49. The number of carbonyl (C=O) groups is 2. The van der Waals surface area contributed by atoms with Gasteiger partial charge in [0.25, 0.3) is 5.91 Å². The van der Waals surface area contributed by atoms with Gasteiger partial charge in [0.15, 0.2) is 11.5 Å². The van der Waals surface area contributed by atoms with Crippen LogP contribution in [-0.4, -0.2) is 29.0 Å². The Bertz CT molecular complexity index is 1280. The smallest absolute Gasteiger partial charge is 0.308 e. The molecule has 9 heteroatoms. The van der Waals surface area contributed by atoms with Gasteiger partial charge in [-0.15, -0.1) is 12.4 Å². The Labute approximate surface area is 196 Å². The minimum Gasteiger partial charge on any atom is -0.493 e. The van der Waals surface area contributed by atoms with Crippen LogP contribution < -0.4 is 20.1 Å². The average molecular weight is 465 g/mol. The first-order valence-electron chi connectivity index (χ1n) is 9.78. The van der Waals surface area contributed by atoms with E-state index in [4.69, 9.17) is 9.47 Å². The van der Waals surface area contributed by atoms with Gasteiger partial charge >= 0.3 is 5.97 Å². The second kappa shape index (κ2) is 10.4. The number of carbonyl (C=O) groups excluding carboxylic acids is 2. The standard InChI is InChI=1S/C24H20N4O4.ClH/c1-15(29)32-22-12-19-20(13-21(22)31-2)25-14-26-23(19)27-17-8-10-18(11-9-17)28-24(30)16-6-4-3-5-7-16;/h3-14H,1-2H3,(H,28,30)(H,25,26,27);1H. The van der Waals surface area contributed by atoms with Gasteiger partial charge in [0, 0.05) is 35.3 Å². The van der Waals surface area contributed by atoms with E-state index in [-0.39, 0.29) is 24.1 Å². The predicted molar refractivity (Wildman–Crippen MR) is 129 cm³/mol. The number of esters is 1. The molecule has 0 radical (unpaired) electrons. The van der Waals surface area contributed by atoms with Crippen LogP contribution in [0, 0.1) is 0 Å². The number of ether oxygens (including phenoxy) is 2. The van der Waals surface area contributed by atoms with Crippen LogP contribution in [0.5, 0.6) is 11.5 Å². The van der Waals surface area contributed by atoms with E-state index in [2.05, 4.69) is 20.6 Å². The summed E-state index contributed by atoms with van der Waals surface area (Å²) in [5, 5.41) is 6.75. The second-order valence-corrected chi connectivity index (χ2v) is 6.86. The van der Waals surface area contributed by atoms with Crippen LogP contribution in [0.4, 0.5) is 17.2 Å². The molecule has 8 nitrogen and oxygen atoms in total. The van der Waals surface area contributed by atoms with E-state index in [1.807, 2.05) is 30.3 Å². The predicted octanol–water partition coefficient (Wildman–Crippen LogP) is 4.98. The van der Waals surface area contributed by atoms with E-state index in [1.54, 1.807) is 36.4 Å². The minimum atomic E-state index is -0.456. The molecule has 33 heavy (non-hydrogen) atoms. The highest BCUT2D eigenvalue weighted by molar-refractivity contribution is 6.04. The highest BCUT2D eigenvalue weighted by atomic mass is 35.5. The lowest BCUT2D eigenvalue weighted by Gasteiger charge is -2.13. The number of halogens is 1. The van der Waals surface area contributed by atoms with Gasteiger partial charge in [-0.3, -0.25) is 9.59 Å². The molecule has 0 aliphatic heterocycles.